The molecule has 0 radical (unpaired) electrons. The topological polar surface area (TPSA) is 91.7 Å². The van der Waals surface area contributed by atoms with Gasteiger partial charge in [-0.1, -0.05) is 0 Å². The summed E-state index contributed by atoms with van der Waals surface area (Å²) in [5, 5.41) is 2.49. The summed E-state index contributed by atoms with van der Waals surface area (Å²) in [7, 11) is -3.80. The van der Waals surface area contributed by atoms with E-state index in [1.54, 1.807) is 0 Å². The van der Waals surface area contributed by atoms with Crippen molar-refractivity contribution in [1.82, 2.24) is 8.87 Å². The van der Waals surface area contributed by atoms with Gasteiger partial charge >= 0.3 is 6.18 Å². The Morgan fingerprint density at radius 2 is 1.62 bits per heavy atom. The molecule has 1 amide bonds. The Labute approximate surface area is 195 Å². The molecule has 0 unspecified atom stereocenters. The first-order chi connectivity index (χ1) is 16.1. The number of alkyl halides is 3. The molecule has 2 aromatic rings. The number of hydrogen-bond donors (Lipinski definition) is 1. The third-order valence-electron chi connectivity index (χ3n) is 6.02. The number of rotatable bonds is 6. The van der Waals surface area contributed by atoms with Crippen LogP contribution in [0.1, 0.15) is 31.2 Å². The summed E-state index contributed by atoms with van der Waals surface area (Å²) < 4.78 is 67.7. The molecule has 0 bridgehead atoms. The Morgan fingerprint density at radius 1 is 0.971 bits per heavy atom. The smallest absolute Gasteiger partial charge is 0.370 e. The summed E-state index contributed by atoms with van der Waals surface area (Å²) in [5.41, 5.74) is -1.03. The van der Waals surface area contributed by atoms with Crippen LogP contribution in [0.4, 0.5) is 24.5 Å². The predicted molar refractivity (Wildman–Crippen MR) is 120 cm³/mol. The highest BCUT2D eigenvalue weighted by atomic mass is 32.2. The van der Waals surface area contributed by atoms with Gasteiger partial charge in [-0.05, 0) is 49.9 Å². The number of pyridine rings is 1. The Balaban J connectivity index is 1.58. The van der Waals surface area contributed by atoms with Crippen LogP contribution in [0.25, 0.3) is 0 Å². The van der Waals surface area contributed by atoms with E-state index in [0.29, 0.717) is 31.9 Å². The van der Waals surface area contributed by atoms with Gasteiger partial charge in [0.15, 0.2) is 0 Å². The van der Waals surface area contributed by atoms with Crippen molar-refractivity contribution in [2.75, 3.05) is 36.4 Å². The fraction of sp³-hybridized carbons (Fsp3) is 0.455. The van der Waals surface area contributed by atoms with Crippen molar-refractivity contribution in [2.24, 2.45) is 0 Å². The van der Waals surface area contributed by atoms with Crippen LogP contribution < -0.4 is 15.8 Å². The van der Waals surface area contributed by atoms with Gasteiger partial charge in [0.05, 0.1) is 21.8 Å². The fourth-order valence-electron chi connectivity index (χ4n) is 4.25. The van der Waals surface area contributed by atoms with Crippen molar-refractivity contribution in [3.8, 4) is 0 Å². The zero-order valence-corrected chi connectivity index (χ0v) is 19.2. The number of hydrogen-bond acceptors (Lipinski definition) is 5. The van der Waals surface area contributed by atoms with Crippen LogP contribution in [-0.2, 0) is 27.5 Å². The van der Waals surface area contributed by atoms with Crippen molar-refractivity contribution in [3.05, 3.63) is 52.4 Å². The number of halogens is 3. The lowest BCUT2D eigenvalue weighted by Crippen LogP contribution is -2.31. The number of carbonyl (C=O) groups excluding carboxylic acids is 1. The zero-order valence-electron chi connectivity index (χ0n) is 18.3. The van der Waals surface area contributed by atoms with Gasteiger partial charge in [-0.3, -0.25) is 9.59 Å². The van der Waals surface area contributed by atoms with Gasteiger partial charge in [-0.25, -0.2) is 8.42 Å². The van der Waals surface area contributed by atoms with E-state index in [1.165, 1.54) is 16.4 Å². The first-order valence-electron chi connectivity index (χ1n) is 11.0. The number of sulfonamides is 1. The molecule has 1 aromatic heterocycles. The van der Waals surface area contributed by atoms with E-state index >= 15 is 0 Å². The number of carbonyl (C=O) groups is 1. The van der Waals surface area contributed by atoms with Crippen LogP contribution in [0.2, 0.25) is 0 Å². The molecule has 184 valence electrons. The number of amides is 1. The van der Waals surface area contributed by atoms with E-state index in [-0.39, 0.29) is 10.6 Å². The quantitative estimate of drug-likeness (QED) is 0.662. The number of benzene rings is 1. The molecule has 0 aliphatic carbocycles. The molecule has 12 heteroatoms. The molecule has 1 N–H and O–H groups in total. The minimum atomic E-state index is -4.59. The minimum Gasteiger partial charge on any atom is -0.370 e. The van der Waals surface area contributed by atoms with E-state index in [2.05, 4.69) is 5.32 Å². The molecule has 0 saturated carbocycles. The van der Waals surface area contributed by atoms with Crippen LogP contribution in [0, 0.1) is 0 Å². The van der Waals surface area contributed by atoms with Gasteiger partial charge in [0, 0.05) is 38.4 Å². The Bertz CT molecular complexity index is 1230. The highest BCUT2D eigenvalue weighted by Gasteiger charge is 2.32. The molecule has 2 aliphatic rings. The van der Waals surface area contributed by atoms with Gasteiger partial charge in [-0.2, -0.15) is 17.5 Å². The molecule has 4 rings (SSSR count). The molecule has 2 aliphatic heterocycles. The molecule has 1 aromatic carbocycles. The van der Waals surface area contributed by atoms with Crippen molar-refractivity contribution < 1.29 is 26.4 Å². The normalized spacial score (nSPS) is 17.3. The molecule has 2 saturated heterocycles. The number of nitrogens with zero attached hydrogens (tertiary/aromatic N) is 3. The van der Waals surface area contributed by atoms with Crippen LogP contribution in [-0.4, -0.2) is 49.4 Å². The van der Waals surface area contributed by atoms with Crippen molar-refractivity contribution in [3.63, 3.8) is 0 Å². The molecule has 2 fully saturated rings. The van der Waals surface area contributed by atoms with Gasteiger partial charge in [0.1, 0.15) is 6.54 Å². The second-order valence-corrected chi connectivity index (χ2v) is 10.4. The van der Waals surface area contributed by atoms with Crippen LogP contribution >= 0.6 is 0 Å². The van der Waals surface area contributed by atoms with Gasteiger partial charge < -0.3 is 14.8 Å². The molecular weight excluding hydrogens is 473 g/mol. The van der Waals surface area contributed by atoms with Gasteiger partial charge in [-0.15, -0.1) is 0 Å². The maximum absolute atomic E-state index is 13.3. The average Bonchev–Trinajstić information content (AvgIpc) is 3.49. The molecule has 0 atom stereocenters. The Kier molecular flexibility index (Phi) is 6.72. The van der Waals surface area contributed by atoms with Gasteiger partial charge in [0.2, 0.25) is 15.9 Å². The maximum Gasteiger partial charge on any atom is 0.416 e. The minimum absolute atomic E-state index is 0.00406. The first kappa shape index (κ1) is 24.3. The first-order valence-corrected chi connectivity index (χ1v) is 12.5. The Hall–Kier alpha value is -2.86. The average molecular weight is 499 g/mol. The zero-order chi connectivity index (χ0) is 24.5. The lowest BCUT2D eigenvalue weighted by atomic mass is 10.1. The van der Waals surface area contributed by atoms with E-state index in [4.69, 9.17) is 0 Å². The largest absolute Gasteiger partial charge is 0.416 e. The van der Waals surface area contributed by atoms with E-state index in [9.17, 15) is 31.2 Å². The molecule has 8 nitrogen and oxygen atoms in total. The standard InChI is InChI=1S/C22H25F3N4O4S/c23-22(24,25)16-5-7-19(27-9-1-2-10-27)18(13-16)26-20(30)15-28-14-17(6-8-21(28)31)34(32,33)29-11-3-4-12-29/h5-8,13-14H,1-4,9-12,15H2,(H,26,30). The summed E-state index contributed by atoms with van der Waals surface area (Å²) in [4.78, 5) is 26.8. The Morgan fingerprint density at radius 3 is 2.26 bits per heavy atom. The molecular formula is C22H25F3N4O4S. The molecule has 34 heavy (non-hydrogen) atoms. The van der Waals surface area contributed by atoms with Crippen molar-refractivity contribution >= 4 is 27.3 Å². The lowest BCUT2D eigenvalue weighted by molar-refractivity contribution is -0.137. The second kappa shape index (κ2) is 9.41. The highest BCUT2D eigenvalue weighted by Crippen LogP contribution is 2.36. The predicted octanol–water partition coefficient (Wildman–Crippen LogP) is 2.89. The van der Waals surface area contributed by atoms with E-state index < -0.39 is 39.8 Å². The number of anilines is 2. The fourth-order valence-corrected chi connectivity index (χ4v) is 5.79. The maximum atomic E-state index is 13.3. The van der Waals surface area contributed by atoms with Crippen LogP contribution in [0.15, 0.2) is 46.2 Å². The summed E-state index contributed by atoms with van der Waals surface area (Å²) in [6, 6.07) is 5.45. The van der Waals surface area contributed by atoms with Crippen molar-refractivity contribution in [2.45, 2.75) is 43.3 Å². The van der Waals surface area contributed by atoms with E-state index in [0.717, 1.165) is 54.6 Å². The lowest BCUT2D eigenvalue weighted by Gasteiger charge is -2.23. The van der Waals surface area contributed by atoms with Crippen LogP contribution in [0.5, 0.6) is 0 Å². The monoisotopic (exact) mass is 498 g/mol. The van der Waals surface area contributed by atoms with Crippen molar-refractivity contribution in [1.29, 1.82) is 0 Å². The second-order valence-electron chi connectivity index (χ2n) is 8.41. The number of nitrogens with one attached hydrogen (secondary N) is 1. The summed E-state index contributed by atoms with van der Waals surface area (Å²) in [5.74, 6) is -0.738. The number of aromatic nitrogens is 1. The summed E-state index contributed by atoms with van der Waals surface area (Å²) in [6.07, 6.45) is -0.208. The third-order valence-corrected chi connectivity index (χ3v) is 7.90. The van der Waals surface area contributed by atoms with Crippen LogP contribution in [0.3, 0.4) is 0 Å². The molecule has 0 spiro atoms. The summed E-state index contributed by atoms with van der Waals surface area (Å²) in [6.45, 7) is 1.54. The van der Waals surface area contributed by atoms with Gasteiger partial charge in [0.25, 0.3) is 5.56 Å². The SMILES string of the molecule is O=C(Cn1cc(S(=O)(=O)N2CCCC2)ccc1=O)Nc1cc(C(F)(F)F)ccc1N1CCCC1. The highest BCUT2D eigenvalue weighted by molar-refractivity contribution is 7.89. The summed E-state index contributed by atoms with van der Waals surface area (Å²) >= 11 is 0. The van der Waals surface area contributed by atoms with E-state index in [1.807, 2.05) is 4.90 Å². The molecule has 3 heterocycles. The third kappa shape index (κ3) is 5.12.